The van der Waals surface area contributed by atoms with Crippen molar-refractivity contribution in [3.8, 4) is 0 Å². The number of hydrogen-bond donors (Lipinski definition) is 2. The van der Waals surface area contributed by atoms with Crippen molar-refractivity contribution in [1.29, 1.82) is 0 Å². The molecule has 0 atom stereocenters. The number of ether oxygens (including phenoxy) is 1. The van der Waals surface area contributed by atoms with Crippen molar-refractivity contribution in [3.63, 3.8) is 0 Å². The lowest BCUT2D eigenvalue weighted by atomic mass is 9.87. The maximum absolute atomic E-state index is 13.3. The molecule has 5 heteroatoms. The molecule has 1 aromatic carbocycles. The summed E-state index contributed by atoms with van der Waals surface area (Å²) in [6.07, 6.45) is 0. The second kappa shape index (κ2) is 4.35. The molecule has 3 nitrogen and oxygen atoms in total. The maximum atomic E-state index is 13.3. The van der Waals surface area contributed by atoms with Crippen LogP contribution in [-0.4, -0.2) is 31.5 Å². The van der Waals surface area contributed by atoms with E-state index in [0.717, 1.165) is 6.07 Å². The molecular weight excluding hydrogens is 216 g/mol. The highest BCUT2D eigenvalue weighted by Gasteiger charge is 2.38. The zero-order valence-corrected chi connectivity index (χ0v) is 8.67. The monoisotopic (exact) mass is 229 g/mol. The van der Waals surface area contributed by atoms with Crippen molar-refractivity contribution in [2.24, 2.45) is 5.41 Å². The normalized spacial score (nSPS) is 17.9. The van der Waals surface area contributed by atoms with Crippen LogP contribution in [-0.2, 0) is 4.74 Å². The number of hydrogen-bond acceptors (Lipinski definition) is 3. The van der Waals surface area contributed by atoms with Crippen LogP contribution in [0.4, 0.5) is 14.5 Å². The Labute approximate surface area is 92.0 Å². The number of aliphatic hydroxyl groups is 1. The molecule has 1 saturated heterocycles. The van der Waals surface area contributed by atoms with Crippen LogP contribution >= 0.6 is 0 Å². The number of aliphatic hydroxyl groups excluding tert-OH is 1. The lowest BCUT2D eigenvalue weighted by Crippen LogP contribution is -2.50. The first kappa shape index (κ1) is 11.3. The minimum atomic E-state index is -0.893. The summed E-state index contributed by atoms with van der Waals surface area (Å²) in [5.41, 5.74) is -0.251. The van der Waals surface area contributed by atoms with E-state index < -0.39 is 11.6 Å². The van der Waals surface area contributed by atoms with E-state index in [1.54, 1.807) is 0 Å². The molecule has 0 aromatic heterocycles. The van der Waals surface area contributed by atoms with Gasteiger partial charge in [0.25, 0.3) is 0 Å². The molecule has 0 unspecified atom stereocenters. The van der Waals surface area contributed by atoms with Crippen LogP contribution in [0.3, 0.4) is 0 Å². The van der Waals surface area contributed by atoms with E-state index in [-0.39, 0.29) is 17.7 Å². The summed E-state index contributed by atoms with van der Waals surface area (Å²) in [7, 11) is 0. The number of halogens is 2. The van der Waals surface area contributed by atoms with Crippen molar-refractivity contribution in [2.45, 2.75) is 0 Å². The maximum Gasteiger partial charge on any atom is 0.181 e. The SMILES string of the molecule is OCC1(CNc2cccc(F)c2F)COC1. The molecule has 1 aliphatic rings. The highest BCUT2D eigenvalue weighted by Crippen LogP contribution is 2.27. The zero-order valence-electron chi connectivity index (χ0n) is 8.67. The molecule has 1 fully saturated rings. The number of nitrogens with one attached hydrogen (secondary N) is 1. The first-order valence-corrected chi connectivity index (χ1v) is 5.03. The van der Waals surface area contributed by atoms with Gasteiger partial charge in [0.15, 0.2) is 11.6 Å². The lowest BCUT2D eigenvalue weighted by Gasteiger charge is -2.40. The van der Waals surface area contributed by atoms with Crippen molar-refractivity contribution in [2.75, 3.05) is 31.7 Å². The molecule has 0 amide bonds. The van der Waals surface area contributed by atoms with E-state index >= 15 is 0 Å². The molecule has 0 radical (unpaired) electrons. The first-order chi connectivity index (χ1) is 7.67. The lowest BCUT2D eigenvalue weighted by molar-refractivity contribution is -0.128. The van der Waals surface area contributed by atoms with Gasteiger partial charge >= 0.3 is 0 Å². The Morgan fingerprint density at radius 3 is 2.69 bits per heavy atom. The molecular formula is C11H13F2NO2. The third-order valence-corrected chi connectivity index (χ3v) is 2.76. The van der Waals surface area contributed by atoms with Crippen molar-refractivity contribution >= 4 is 5.69 Å². The molecule has 88 valence electrons. The summed E-state index contributed by atoms with van der Waals surface area (Å²) in [5.74, 6) is -1.77. The highest BCUT2D eigenvalue weighted by molar-refractivity contribution is 5.45. The van der Waals surface area contributed by atoms with Crippen LogP contribution in [0.2, 0.25) is 0 Å². The topological polar surface area (TPSA) is 41.5 Å². The van der Waals surface area contributed by atoms with Crippen molar-refractivity contribution in [3.05, 3.63) is 29.8 Å². The summed E-state index contributed by atoms with van der Waals surface area (Å²) >= 11 is 0. The standard InChI is InChI=1S/C11H13F2NO2/c12-8-2-1-3-9(10(8)13)14-4-11(5-15)6-16-7-11/h1-3,14-15H,4-7H2. The summed E-state index contributed by atoms with van der Waals surface area (Å²) in [5, 5.41) is 11.9. The van der Waals surface area contributed by atoms with Crippen molar-refractivity contribution in [1.82, 2.24) is 0 Å². The summed E-state index contributed by atoms with van der Waals surface area (Å²) in [4.78, 5) is 0. The molecule has 0 spiro atoms. The Kier molecular flexibility index (Phi) is 3.07. The second-order valence-corrected chi connectivity index (χ2v) is 4.11. The van der Waals surface area contributed by atoms with Gasteiger partial charge in [0.2, 0.25) is 0 Å². The van der Waals surface area contributed by atoms with E-state index in [0.29, 0.717) is 19.8 Å². The largest absolute Gasteiger partial charge is 0.396 e. The Morgan fingerprint density at radius 2 is 2.12 bits per heavy atom. The molecule has 2 N–H and O–H groups in total. The molecule has 16 heavy (non-hydrogen) atoms. The van der Waals surface area contributed by atoms with Gasteiger partial charge in [-0.1, -0.05) is 6.07 Å². The number of rotatable bonds is 4. The average molecular weight is 229 g/mol. The van der Waals surface area contributed by atoms with Gasteiger partial charge in [-0.15, -0.1) is 0 Å². The summed E-state index contributed by atoms with van der Waals surface area (Å²) in [6.45, 7) is 1.21. The molecule has 1 heterocycles. The Bertz CT molecular complexity index is 375. The van der Waals surface area contributed by atoms with Crippen LogP contribution < -0.4 is 5.32 Å². The zero-order chi connectivity index (χ0) is 11.6. The Balaban J connectivity index is 2.02. The van der Waals surface area contributed by atoms with Crippen LogP contribution in [0, 0.1) is 17.0 Å². The summed E-state index contributed by atoms with van der Waals surface area (Å²) < 4.78 is 31.2. The third-order valence-electron chi connectivity index (χ3n) is 2.76. The molecule has 1 aliphatic heterocycles. The molecule has 2 rings (SSSR count). The third kappa shape index (κ3) is 2.01. The fourth-order valence-corrected chi connectivity index (χ4v) is 1.56. The highest BCUT2D eigenvalue weighted by atomic mass is 19.2. The van der Waals surface area contributed by atoms with E-state index in [1.807, 2.05) is 0 Å². The molecule has 0 bridgehead atoms. The quantitative estimate of drug-likeness (QED) is 0.819. The van der Waals surface area contributed by atoms with Gasteiger partial charge in [-0.2, -0.15) is 0 Å². The van der Waals surface area contributed by atoms with E-state index in [1.165, 1.54) is 12.1 Å². The van der Waals surface area contributed by atoms with Crippen LogP contribution in [0.15, 0.2) is 18.2 Å². The molecule has 0 saturated carbocycles. The first-order valence-electron chi connectivity index (χ1n) is 5.03. The smallest absolute Gasteiger partial charge is 0.181 e. The van der Waals surface area contributed by atoms with Crippen molar-refractivity contribution < 1.29 is 18.6 Å². The van der Waals surface area contributed by atoms with E-state index in [4.69, 9.17) is 9.84 Å². The van der Waals surface area contributed by atoms with Gasteiger partial charge in [-0.05, 0) is 12.1 Å². The molecule has 1 aromatic rings. The van der Waals surface area contributed by atoms with E-state index in [9.17, 15) is 8.78 Å². The van der Waals surface area contributed by atoms with Gasteiger partial charge in [-0.25, -0.2) is 8.78 Å². The Hall–Kier alpha value is -1.20. The van der Waals surface area contributed by atoms with Gasteiger partial charge in [0, 0.05) is 6.54 Å². The average Bonchev–Trinajstić information content (AvgIpc) is 2.23. The van der Waals surface area contributed by atoms with Gasteiger partial charge in [0.1, 0.15) is 0 Å². The van der Waals surface area contributed by atoms with Gasteiger partial charge in [-0.3, -0.25) is 0 Å². The van der Waals surface area contributed by atoms with Gasteiger partial charge in [0.05, 0.1) is 30.9 Å². The number of anilines is 1. The minimum Gasteiger partial charge on any atom is -0.396 e. The Morgan fingerprint density at radius 1 is 1.38 bits per heavy atom. The van der Waals surface area contributed by atoms with Crippen LogP contribution in [0.1, 0.15) is 0 Å². The summed E-state index contributed by atoms with van der Waals surface area (Å²) in [6, 6.07) is 3.96. The fourth-order valence-electron chi connectivity index (χ4n) is 1.56. The second-order valence-electron chi connectivity index (χ2n) is 4.11. The predicted octanol–water partition coefficient (Wildman–Crippen LogP) is 1.39. The number of benzene rings is 1. The minimum absolute atomic E-state index is 0.0308. The van der Waals surface area contributed by atoms with E-state index in [2.05, 4.69) is 5.32 Å². The fraction of sp³-hybridized carbons (Fsp3) is 0.455. The van der Waals surface area contributed by atoms with Crippen LogP contribution in [0.25, 0.3) is 0 Å². The van der Waals surface area contributed by atoms with Crippen LogP contribution in [0.5, 0.6) is 0 Å². The predicted molar refractivity (Wildman–Crippen MR) is 55.2 cm³/mol. The molecule has 0 aliphatic carbocycles. The van der Waals surface area contributed by atoms with Gasteiger partial charge < -0.3 is 15.2 Å².